The molecule has 1 aliphatic carbocycles. The number of carbonyl (C=O) groups is 2. The molecule has 1 rings (SSSR count). The van der Waals surface area contributed by atoms with Gasteiger partial charge in [0.2, 0.25) is 5.91 Å². The summed E-state index contributed by atoms with van der Waals surface area (Å²) in [4.78, 5) is 25.2. The van der Waals surface area contributed by atoms with Gasteiger partial charge in [-0.05, 0) is 19.8 Å². The van der Waals surface area contributed by atoms with Gasteiger partial charge in [-0.25, -0.2) is 0 Å². The molecule has 0 unspecified atom stereocenters. The van der Waals surface area contributed by atoms with E-state index in [2.05, 4.69) is 22.6 Å². The molecule has 0 aromatic rings. The van der Waals surface area contributed by atoms with E-state index in [0.717, 1.165) is 0 Å². The molecule has 17 heavy (non-hydrogen) atoms. The van der Waals surface area contributed by atoms with Crippen LogP contribution in [0.25, 0.3) is 0 Å². The van der Waals surface area contributed by atoms with Crippen LogP contribution >= 0.6 is 22.6 Å². The molecule has 0 aromatic carbocycles. The average molecular weight is 353 g/mol. The summed E-state index contributed by atoms with van der Waals surface area (Å²) in [5.41, 5.74) is -1.27. The summed E-state index contributed by atoms with van der Waals surface area (Å²) < 4.78 is 0.678. The molecule has 0 aliphatic heterocycles. The zero-order valence-electron chi connectivity index (χ0n) is 10.8. The van der Waals surface area contributed by atoms with Crippen LogP contribution in [0.1, 0.15) is 26.7 Å². The fourth-order valence-corrected chi connectivity index (χ4v) is 4.09. The number of aliphatic carboxylic acids is 1. The fraction of sp³-hybridized carbons (Fsp3) is 0.833. The van der Waals surface area contributed by atoms with E-state index in [4.69, 9.17) is 0 Å². The molecule has 1 amide bonds. The molecule has 0 radical (unpaired) electrons. The third kappa shape index (κ3) is 2.06. The minimum Gasteiger partial charge on any atom is -0.481 e. The monoisotopic (exact) mass is 353 g/mol. The highest BCUT2D eigenvalue weighted by Gasteiger charge is 2.60. The number of alkyl halides is 1. The lowest BCUT2D eigenvalue weighted by Gasteiger charge is -2.40. The Kier molecular flexibility index (Phi) is 4.11. The van der Waals surface area contributed by atoms with Crippen molar-refractivity contribution in [1.29, 1.82) is 0 Å². The van der Waals surface area contributed by atoms with Crippen molar-refractivity contribution in [2.45, 2.75) is 26.7 Å². The molecule has 1 N–H and O–H groups in total. The SMILES string of the molecule is CN(C)C(=O)[C@@H]1CC[C@@](C)(C(=O)O)[C@]1(C)CI. The molecule has 4 nitrogen and oxygen atoms in total. The first-order valence-electron chi connectivity index (χ1n) is 5.71. The summed E-state index contributed by atoms with van der Waals surface area (Å²) in [6, 6.07) is 0. The Morgan fingerprint density at radius 3 is 2.29 bits per heavy atom. The number of carboxylic acids is 1. The lowest BCUT2D eigenvalue weighted by atomic mass is 9.65. The van der Waals surface area contributed by atoms with Crippen molar-refractivity contribution in [3.05, 3.63) is 0 Å². The summed E-state index contributed by atoms with van der Waals surface area (Å²) in [5, 5.41) is 9.45. The highest BCUT2D eigenvalue weighted by atomic mass is 127. The lowest BCUT2D eigenvalue weighted by Crippen LogP contribution is -2.48. The molecule has 0 heterocycles. The van der Waals surface area contributed by atoms with Gasteiger partial charge in [-0.15, -0.1) is 0 Å². The fourth-order valence-electron chi connectivity index (χ4n) is 2.72. The number of halogens is 1. The average Bonchev–Trinajstić information content (AvgIpc) is 2.53. The van der Waals surface area contributed by atoms with Gasteiger partial charge in [0.15, 0.2) is 0 Å². The molecule has 1 fully saturated rings. The largest absolute Gasteiger partial charge is 0.481 e. The summed E-state index contributed by atoms with van der Waals surface area (Å²) in [5.74, 6) is -0.921. The Bertz CT molecular complexity index is 345. The molecule has 1 aliphatic rings. The van der Waals surface area contributed by atoms with Gasteiger partial charge in [0.1, 0.15) is 0 Å². The van der Waals surface area contributed by atoms with Crippen LogP contribution in [0.2, 0.25) is 0 Å². The van der Waals surface area contributed by atoms with Crippen LogP contribution in [-0.4, -0.2) is 40.4 Å². The van der Waals surface area contributed by atoms with Crippen molar-refractivity contribution in [3.8, 4) is 0 Å². The van der Waals surface area contributed by atoms with Crippen LogP contribution in [-0.2, 0) is 9.59 Å². The van der Waals surface area contributed by atoms with E-state index in [9.17, 15) is 14.7 Å². The van der Waals surface area contributed by atoms with Gasteiger partial charge in [-0.2, -0.15) is 0 Å². The molecule has 1 saturated carbocycles. The highest BCUT2D eigenvalue weighted by Crippen LogP contribution is 2.57. The zero-order chi connectivity index (χ0) is 13.4. The van der Waals surface area contributed by atoms with Crippen LogP contribution in [0.3, 0.4) is 0 Å². The van der Waals surface area contributed by atoms with Crippen LogP contribution in [0.4, 0.5) is 0 Å². The van der Waals surface area contributed by atoms with Crippen LogP contribution in [0, 0.1) is 16.7 Å². The first-order chi connectivity index (χ1) is 7.70. The molecule has 0 saturated heterocycles. The number of amides is 1. The highest BCUT2D eigenvalue weighted by molar-refractivity contribution is 14.1. The second-order valence-corrected chi connectivity index (χ2v) is 6.28. The maximum Gasteiger partial charge on any atom is 0.309 e. The Labute approximate surface area is 116 Å². The number of rotatable bonds is 3. The maximum atomic E-state index is 12.2. The van der Waals surface area contributed by atoms with E-state index >= 15 is 0 Å². The van der Waals surface area contributed by atoms with E-state index in [1.165, 1.54) is 0 Å². The molecule has 0 spiro atoms. The van der Waals surface area contributed by atoms with Crippen LogP contribution in [0.5, 0.6) is 0 Å². The van der Waals surface area contributed by atoms with Gasteiger partial charge in [-0.3, -0.25) is 9.59 Å². The van der Waals surface area contributed by atoms with Gasteiger partial charge in [0, 0.05) is 29.9 Å². The lowest BCUT2D eigenvalue weighted by molar-refractivity contribution is -0.155. The van der Waals surface area contributed by atoms with E-state index in [0.29, 0.717) is 17.3 Å². The smallest absolute Gasteiger partial charge is 0.309 e. The maximum absolute atomic E-state index is 12.2. The number of carbonyl (C=O) groups excluding carboxylic acids is 1. The van der Waals surface area contributed by atoms with Gasteiger partial charge in [0.05, 0.1) is 5.41 Å². The molecule has 3 atom stereocenters. The number of hydrogen-bond acceptors (Lipinski definition) is 2. The van der Waals surface area contributed by atoms with Crippen molar-refractivity contribution in [2.24, 2.45) is 16.7 Å². The van der Waals surface area contributed by atoms with Crippen molar-refractivity contribution in [1.82, 2.24) is 4.90 Å². The second kappa shape index (κ2) is 4.74. The number of nitrogens with zero attached hydrogens (tertiary/aromatic N) is 1. The predicted molar refractivity (Wildman–Crippen MR) is 74.2 cm³/mol. The third-order valence-electron chi connectivity index (χ3n) is 4.45. The normalized spacial score (nSPS) is 36.9. The van der Waals surface area contributed by atoms with Gasteiger partial charge in [0.25, 0.3) is 0 Å². The van der Waals surface area contributed by atoms with Gasteiger partial charge in [-0.1, -0.05) is 29.5 Å². The predicted octanol–water partition coefficient (Wildman–Crippen LogP) is 2.02. The quantitative estimate of drug-likeness (QED) is 0.624. The van der Waals surface area contributed by atoms with Crippen molar-refractivity contribution in [2.75, 3.05) is 18.5 Å². The van der Waals surface area contributed by atoms with Crippen LogP contribution < -0.4 is 0 Å². The van der Waals surface area contributed by atoms with Crippen molar-refractivity contribution >= 4 is 34.5 Å². The third-order valence-corrected chi connectivity index (χ3v) is 6.04. The first kappa shape index (κ1) is 14.7. The Hall–Kier alpha value is -0.330. The number of carboxylic acid groups (broad SMARTS) is 1. The first-order valence-corrected chi connectivity index (χ1v) is 7.24. The standard InChI is InChI=1S/C12H20INO3/c1-11(10(16)17)6-5-8(9(15)14(3)4)12(11,2)7-13/h8H,5-7H2,1-4H3,(H,16,17)/t8-,11-,12+/m0/s1. The van der Waals surface area contributed by atoms with Crippen molar-refractivity contribution in [3.63, 3.8) is 0 Å². The van der Waals surface area contributed by atoms with E-state index in [-0.39, 0.29) is 11.8 Å². The Morgan fingerprint density at radius 1 is 1.41 bits per heavy atom. The minimum atomic E-state index is -0.801. The molecule has 0 aromatic heterocycles. The van der Waals surface area contributed by atoms with Crippen LogP contribution in [0.15, 0.2) is 0 Å². The number of hydrogen-bond donors (Lipinski definition) is 1. The summed E-state index contributed by atoms with van der Waals surface area (Å²) in [6.45, 7) is 3.71. The summed E-state index contributed by atoms with van der Waals surface area (Å²) in [6.07, 6.45) is 1.24. The van der Waals surface area contributed by atoms with Gasteiger partial charge < -0.3 is 10.0 Å². The van der Waals surface area contributed by atoms with E-state index in [1.54, 1.807) is 25.9 Å². The summed E-state index contributed by atoms with van der Waals surface area (Å²) in [7, 11) is 3.46. The second-order valence-electron chi connectivity index (χ2n) is 5.51. The van der Waals surface area contributed by atoms with E-state index < -0.39 is 16.8 Å². The van der Waals surface area contributed by atoms with Crippen molar-refractivity contribution < 1.29 is 14.7 Å². The Morgan fingerprint density at radius 2 is 1.94 bits per heavy atom. The Balaban J connectivity index is 3.15. The zero-order valence-corrected chi connectivity index (χ0v) is 12.9. The molecular formula is C12H20INO3. The minimum absolute atomic E-state index is 0.0501. The molecule has 5 heteroatoms. The molecular weight excluding hydrogens is 333 g/mol. The van der Waals surface area contributed by atoms with E-state index in [1.807, 2.05) is 6.92 Å². The molecule has 0 bridgehead atoms. The molecule has 98 valence electrons. The summed E-state index contributed by atoms with van der Waals surface area (Å²) >= 11 is 2.20. The van der Waals surface area contributed by atoms with Gasteiger partial charge >= 0.3 is 5.97 Å². The topological polar surface area (TPSA) is 57.6 Å².